The largest absolute Gasteiger partial charge is 0.497 e. The van der Waals surface area contributed by atoms with E-state index in [4.69, 9.17) is 4.74 Å². The lowest BCUT2D eigenvalue weighted by atomic mass is 9.90. The number of carbonyl (C=O) groups is 1. The van der Waals surface area contributed by atoms with Crippen LogP contribution in [0.2, 0.25) is 0 Å². The molecule has 2 aromatic carbocycles. The summed E-state index contributed by atoms with van der Waals surface area (Å²) in [6.07, 6.45) is -0.828. The van der Waals surface area contributed by atoms with Gasteiger partial charge in [-0.25, -0.2) is 4.79 Å². The molecule has 1 aliphatic heterocycles. The van der Waals surface area contributed by atoms with E-state index in [-0.39, 0.29) is 6.03 Å². The SMILES string of the molecule is COc1ccc(NC(=O)N2CCC(CCc3ccc(C(F)(F)F)cc3)CC2)cc1. The summed E-state index contributed by atoms with van der Waals surface area (Å²) in [5, 5.41) is 2.89. The van der Waals surface area contributed by atoms with E-state index in [0.29, 0.717) is 19.0 Å². The summed E-state index contributed by atoms with van der Waals surface area (Å²) in [4.78, 5) is 14.2. The van der Waals surface area contributed by atoms with Crippen LogP contribution in [0.4, 0.5) is 23.7 Å². The summed E-state index contributed by atoms with van der Waals surface area (Å²) in [5.41, 5.74) is 1.02. The number of nitrogens with one attached hydrogen (secondary N) is 1. The predicted molar refractivity (Wildman–Crippen MR) is 106 cm³/mol. The predicted octanol–water partition coefficient (Wildman–Crippen LogP) is 5.59. The maximum Gasteiger partial charge on any atom is 0.416 e. The van der Waals surface area contributed by atoms with Crippen molar-refractivity contribution in [1.29, 1.82) is 0 Å². The molecule has 0 spiro atoms. The molecule has 1 fully saturated rings. The van der Waals surface area contributed by atoms with E-state index in [1.54, 1.807) is 48.4 Å². The maximum absolute atomic E-state index is 12.6. The van der Waals surface area contributed by atoms with Crippen molar-refractivity contribution < 1.29 is 22.7 Å². The van der Waals surface area contributed by atoms with E-state index < -0.39 is 11.7 Å². The number of urea groups is 1. The Morgan fingerprint density at radius 2 is 1.69 bits per heavy atom. The molecular formula is C22H25F3N2O2. The number of carbonyl (C=O) groups excluding carboxylic acids is 1. The van der Waals surface area contributed by atoms with Gasteiger partial charge >= 0.3 is 12.2 Å². The minimum atomic E-state index is -4.29. The Kier molecular flexibility index (Phi) is 6.67. The highest BCUT2D eigenvalue weighted by molar-refractivity contribution is 5.89. The minimum Gasteiger partial charge on any atom is -0.497 e. The second kappa shape index (κ2) is 9.20. The number of piperidine rings is 1. The van der Waals surface area contributed by atoms with Crippen molar-refractivity contribution in [3.63, 3.8) is 0 Å². The third-order valence-corrected chi connectivity index (χ3v) is 5.37. The highest BCUT2D eigenvalue weighted by Gasteiger charge is 2.30. The van der Waals surface area contributed by atoms with Crippen molar-refractivity contribution in [2.75, 3.05) is 25.5 Å². The number of benzene rings is 2. The van der Waals surface area contributed by atoms with Gasteiger partial charge in [0, 0.05) is 18.8 Å². The van der Waals surface area contributed by atoms with Crippen LogP contribution in [0, 0.1) is 5.92 Å². The minimum absolute atomic E-state index is 0.114. The number of hydrogen-bond donors (Lipinski definition) is 1. The molecule has 29 heavy (non-hydrogen) atoms. The molecule has 1 aliphatic rings. The maximum atomic E-state index is 12.6. The second-order valence-electron chi connectivity index (χ2n) is 7.32. The van der Waals surface area contributed by atoms with Crippen molar-refractivity contribution in [3.8, 4) is 5.75 Å². The lowest BCUT2D eigenvalue weighted by Gasteiger charge is -2.32. The molecule has 0 aromatic heterocycles. The topological polar surface area (TPSA) is 41.6 Å². The van der Waals surface area contributed by atoms with E-state index in [9.17, 15) is 18.0 Å². The standard InChI is InChI=1S/C22H25F3N2O2/c1-29-20-10-8-19(9-11-20)26-21(28)27-14-12-17(13-15-27)3-2-16-4-6-18(7-5-16)22(23,24)25/h4-11,17H,2-3,12-15H2,1H3,(H,26,28). The summed E-state index contributed by atoms with van der Waals surface area (Å²) < 4.78 is 43.0. The van der Waals surface area contributed by atoms with Crippen LogP contribution < -0.4 is 10.1 Å². The Balaban J connectivity index is 1.42. The van der Waals surface area contributed by atoms with E-state index >= 15 is 0 Å². The van der Waals surface area contributed by atoms with Crippen LogP contribution in [-0.4, -0.2) is 31.1 Å². The van der Waals surface area contributed by atoms with Gasteiger partial charge in [0.2, 0.25) is 0 Å². The molecule has 0 aliphatic carbocycles. The van der Waals surface area contributed by atoms with Crippen LogP contribution >= 0.6 is 0 Å². The van der Waals surface area contributed by atoms with E-state index in [0.717, 1.165) is 54.8 Å². The first kappa shape index (κ1) is 21.0. The zero-order valence-electron chi connectivity index (χ0n) is 16.3. The number of methoxy groups -OCH3 is 1. The Hall–Kier alpha value is -2.70. The molecular weight excluding hydrogens is 381 g/mol. The molecule has 0 saturated carbocycles. The molecule has 7 heteroatoms. The fourth-order valence-electron chi connectivity index (χ4n) is 3.53. The van der Waals surface area contributed by atoms with Gasteiger partial charge in [-0.2, -0.15) is 13.2 Å². The number of likely N-dealkylation sites (tertiary alicyclic amines) is 1. The molecule has 0 atom stereocenters. The third kappa shape index (κ3) is 5.89. The number of aryl methyl sites for hydroxylation is 1. The van der Waals surface area contributed by atoms with Crippen molar-refractivity contribution >= 4 is 11.7 Å². The van der Waals surface area contributed by atoms with Gasteiger partial charge in [-0.05, 0) is 73.6 Å². The van der Waals surface area contributed by atoms with Crippen molar-refractivity contribution in [1.82, 2.24) is 4.90 Å². The Morgan fingerprint density at radius 1 is 1.07 bits per heavy atom. The van der Waals surface area contributed by atoms with Gasteiger partial charge in [0.1, 0.15) is 5.75 Å². The number of ether oxygens (including phenoxy) is 1. The van der Waals surface area contributed by atoms with Crippen molar-refractivity contribution in [2.24, 2.45) is 5.92 Å². The van der Waals surface area contributed by atoms with Crippen molar-refractivity contribution in [3.05, 3.63) is 59.7 Å². The normalized spacial score (nSPS) is 15.2. The van der Waals surface area contributed by atoms with Crippen LogP contribution in [0.25, 0.3) is 0 Å². The number of amides is 2. The average molecular weight is 406 g/mol. The van der Waals surface area contributed by atoms with Crippen molar-refractivity contribution in [2.45, 2.75) is 31.9 Å². The number of alkyl halides is 3. The molecule has 1 saturated heterocycles. The zero-order chi connectivity index (χ0) is 20.9. The highest BCUT2D eigenvalue weighted by Crippen LogP contribution is 2.30. The van der Waals surface area contributed by atoms with E-state index in [1.165, 1.54) is 0 Å². The highest BCUT2D eigenvalue weighted by atomic mass is 19.4. The Morgan fingerprint density at radius 3 is 2.24 bits per heavy atom. The molecule has 156 valence electrons. The summed E-state index contributed by atoms with van der Waals surface area (Å²) in [5.74, 6) is 1.21. The molecule has 2 amide bonds. The molecule has 1 heterocycles. The lowest BCUT2D eigenvalue weighted by Crippen LogP contribution is -2.41. The van der Waals surface area contributed by atoms with Gasteiger partial charge in [-0.3, -0.25) is 0 Å². The summed E-state index contributed by atoms with van der Waals surface area (Å²) >= 11 is 0. The van der Waals surface area contributed by atoms with E-state index in [2.05, 4.69) is 5.32 Å². The first-order valence-electron chi connectivity index (χ1n) is 9.71. The van der Waals surface area contributed by atoms with Gasteiger partial charge in [0.25, 0.3) is 0 Å². The van der Waals surface area contributed by atoms with Crippen LogP contribution in [0.5, 0.6) is 5.75 Å². The molecule has 3 rings (SSSR count). The Labute approximate surface area is 168 Å². The van der Waals surface area contributed by atoms with E-state index in [1.807, 2.05) is 0 Å². The fourth-order valence-corrected chi connectivity index (χ4v) is 3.53. The molecule has 2 aromatic rings. The number of rotatable bonds is 5. The first-order chi connectivity index (χ1) is 13.8. The van der Waals surface area contributed by atoms with Crippen LogP contribution in [0.1, 0.15) is 30.4 Å². The number of halogens is 3. The fraction of sp³-hybridized carbons (Fsp3) is 0.409. The van der Waals surface area contributed by atoms with Gasteiger partial charge in [0.15, 0.2) is 0 Å². The van der Waals surface area contributed by atoms with Gasteiger partial charge in [-0.1, -0.05) is 12.1 Å². The summed E-state index contributed by atoms with van der Waals surface area (Å²) in [7, 11) is 1.59. The average Bonchev–Trinajstić information content (AvgIpc) is 2.73. The van der Waals surface area contributed by atoms with Crippen LogP contribution in [0.3, 0.4) is 0 Å². The molecule has 1 N–H and O–H groups in total. The van der Waals surface area contributed by atoms with Crippen LogP contribution in [-0.2, 0) is 12.6 Å². The summed E-state index contributed by atoms with van der Waals surface area (Å²) in [6, 6.07) is 12.5. The first-order valence-corrected chi connectivity index (χ1v) is 9.71. The third-order valence-electron chi connectivity index (χ3n) is 5.37. The number of nitrogens with zero attached hydrogens (tertiary/aromatic N) is 1. The lowest BCUT2D eigenvalue weighted by molar-refractivity contribution is -0.137. The molecule has 0 radical (unpaired) electrons. The second-order valence-corrected chi connectivity index (χ2v) is 7.32. The van der Waals surface area contributed by atoms with Gasteiger partial charge in [-0.15, -0.1) is 0 Å². The van der Waals surface area contributed by atoms with Crippen LogP contribution in [0.15, 0.2) is 48.5 Å². The summed E-state index contributed by atoms with van der Waals surface area (Å²) in [6.45, 7) is 1.36. The quantitative estimate of drug-likeness (QED) is 0.703. The van der Waals surface area contributed by atoms with Gasteiger partial charge in [0.05, 0.1) is 12.7 Å². The smallest absolute Gasteiger partial charge is 0.416 e. The van der Waals surface area contributed by atoms with Gasteiger partial charge < -0.3 is 15.0 Å². The monoisotopic (exact) mass is 406 g/mol. The molecule has 4 nitrogen and oxygen atoms in total. The zero-order valence-corrected chi connectivity index (χ0v) is 16.3. The number of anilines is 1. The Bertz CT molecular complexity index is 796. The number of hydrogen-bond acceptors (Lipinski definition) is 2. The molecule has 0 bridgehead atoms. The molecule has 0 unspecified atom stereocenters.